The van der Waals surface area contributed by atoms with Crippen LogP contribution in [0.3, 0.4) is 0 Å². The molecule has 0 aliphatic carbocycles. The molecule has 7 heteroatoms. The number of nitrogens with one attached hydrogen (secondary N) is 1. The number of amides is 1. The molecule has 0 saturated carbocycles. The van der Waals surface area contributed by atoms with Gasteiger partial charge in [0.25, 0.3) is 0 Å². The third-order valence-electron chi connectivity index (χ3n) is 2.64. The summed E-state index contributed by atoms with van der Waals surface area (Å²) in [5, 5.41) is 2.57. The van der Waals surface area contributed by atoms with E-state index in [2.05, 4.69) is 5.32 Å². The van der Waals surface area contributed by atoms with Gasteiger partial charge in [-0.15, -0.1) is 0 Å². The van der Waals surface area contributed by atoms with Crippen LogP contribution in [0, 0.1) is 6.92 Å². The molecule has 3 N–H and O–H groups in total. The van der Waals surface area contributed by atoms with Crippen LogP contribution in [0.1, 0.15) is 12.5 Å². The van der Waals surface area contributed by atoms with E-state index in [1.54, 1.807) is 19.1 Å². The summed E-state index contributed by atoms with van der Waals surface area (Å²) in [6, 6.07) is 4.78. The number of anilines is 1. The van der Waals surface area contributed by atoms with E-state index in [4.69, 9.17) is 5.73 Å². The second-order valence-electron chi connectivity index (χ2n) is 4.28. The van der Waals surface area contributed by atoms with Crippen molar-refractivity contribution < 1.29 is 13.2 Å². The summed E-state index contributed by atoms with van der Waals surface area (Å²) in [5.74, 6) is -0.248. The van der Waals surface area contributed by atoms with Crippen LogP contribution in [-0.4, -0.2) is 38.8 Å². The predicted octanol–water partition coefficient (Wildman–Crippen LogP) is 0.533. The molecule has 0 spiro atoms. The number of carbonyl (C=O) groups excluding carboxylic acids is 1. The molecule has 1 aromatic carbocycles. The van der Waals surface area contributed by atoms with Crippen LogP contribution in [0.25, 0.3) is 0 Å². The van der Waals surface area contributed by atoms with Crippen molar-refractivity contribution in [1.82, 2.24) is 4.31 Å². The van der Waals surface area contributed by atoms with Crippen molar-refractivity contribution >= 4 is 21.6 Å². The normalized spacial score (nSPS) is 11.6. The van der Waals surface area contributed by atoms with Gasteiger partial charge < -0.3 is 11.1 Å². The Morgan fingerprint density at radius 2 is 2.05 bits per heavy atom. The summed E-state index contributed by atoms with van der Waals surface area (Å²) in [7, 11) is -2.11. The number of likely N-dealkylation sites (N-methyl/N-ethyl adjacent to an activating group) is 1. The number of sulfonamides is 1. The Labute approximate surface area is 113 Å². The SMILES string of the molecule is CC(=O)Nc1ccc(C)c(S(=O)(=O)N(C)CCN)c1. The standard InChI is InChI=1S/C12H19N3O3S/c1-9-4-5-11(14-10(2)16)8-12(9)19(17,18)15(3)7-6-13/h4-5,8H,6-7,13H2,1-3H3,(H,14,16). The number of nitrogens with zero attached hydrogens (tertiary/aromatic N) is 1. The fourth-order valence-corrected chi connectivity index (χ4v) is 3.06. The van der Waals surface area contributed by atoms with Gasteiger partial charge in [0.05, 0.1) is 4.90 Å². The molecule has 1 amide bonds. The first-order valence-electron chi connectivity index (χ1n) is 5.83. The molecular formula is C12H19N3O3S. The van der Waals surface area contributed by atoms with Gasteiger partial charge in [0, 0.05) is 32.7 Å². The number of hydrogen-bond donors (Lipinski definition) is 2. The van der Waals surface area contributed by atoms with Crippen molar-refractivity contribution in [3.8, 4) is 0 Å². The van der Waals surface area contributed by atoms with Crippen molar-refractivity contribution in [2.45, 2.75) is 18.7 Å². The van der Waals surface area contributed by atoms with Gasteiger partial charge in [-0.2, -0.15) is 4.31 Å². The average molecular weight is 285 g/mol. The van der Waals surface area contributed by atoms with Gasteiger partial charge in [0.1, 0.15) is 0 Å². The fourth-order valence-electron chi connectivity index (χ4n) is 1.63. The molecule has 0 aromatic heterocycles. The van der Waals surface area contributed by atoms with Gasteiger partial charge in [0.2, 0.25) is 15.9 Å². The molecule has 0 aliphatic heterocycles. The van der Waals surface area contributed by atoms with E-state index in [0.717, 1.165) is 0 Å². The first-order valence-corrected chi connectivity index (χ1v) is 7.27. The molecule has 0 bridgehead atoms. The van der Waals surface area contributed by atoms with Crippen molar-refractivity contribution in [1.29, 1.82) is 0 Å². The van der Waals surface area contributed by atoms with Crippen molar-refractivity contribution in [3.05, 3.63) is 23.8 Å². The monoisotopic (exact) mass is 285 g/mol. The number of hydrogen-bond acceptors (Lipinski definition) is 4. The van der Waals surface area contributed by atoms with Crippen LogP contribution in [0.2, 0.25) is 0 Å². The van der Waals surface area contributed by atoms with Crippen molar-refractivity contribution in [3.63, 3.8) is 0 Å². The van der Waals surface area contributed by atoms with E-state index in [9.17, 15) is 13.2 Å². The Morgan fingerprint density at radius 1 is 1.42 bits per heavy atom. The molecule has 0 heterocycles. The first-order chi connectivity index (χ1) is 8.78. The molecule has 1 rings (SSSR count). The van der Waals surface area contributed by atoms with E-state index < -0.39 is 10.0 Å². The van der Waals surface area contributed by atoms with Crippen LogP contribution < -0.4 is 11.1 Å². The second kappa shape index (κ2) is 6.14. The van der Waals surface area contributed by atoms with Gasteiger partial charge in [-0.25, -0.2) is 8.42 Å². The van der Waals surface area contributed by atoms with Gasteiger partial charge in [-0.1, -0.05) is 6.07 Å². The van der Waals surface area contributed by atoms with Crippen LogP contribution >= 0.6 is 0 Å². The summed E-state index contributed by atoms with van der Waals surface area (Å²) in [6.45, 7) is 3.57. The van der Waals surface area contributed by atoms with E-state index in [1.165, 1.54) is 24.3 Å². The molecule has 0 aliphatic rings. The van der Waals surface area contributed by atoms with Crippen LogP contribution in [0.5, 0.6) is 0 Å². The Hall–Kier alpha value is -1.44. The zero-order chi connectivity index (χ0) is 14.6. The smallest absolute Gasteiger partial charge is 0.243 e. The number of rotatable bonds is 5. The van der Waals surface area contributed by atoms with Crippen molar-refractivity contribution in [2.24, 2.45) is 5.73 Å². The first kappa shape index (κ1) is 15.6. The maximum Gasteiger partial charge on any atom is 0.243 e. The molecule has 19 heavy (non-hydrogen) atoms. The highest BCUT2D eigenvalue weighted by atomic mass is 32.2. The minimum absolute atomic E-state index is 0.176. The highest BCUT2D eigenvalue weighted by molar-refractivity contribution is 7.89. The Kier molecular flexibility index (Phi) is 5.04. The predicted molar refractivity (Wildman–Crippen MR) is 74.4 cm³/mol. The summed E-state index contributed by atoms with van der Waals surface area (Å²) < 4.78 is 25.9. The maximum atomic E-state index is 12.3. The summed E-state index contributed by atoms with van der Waals surface area (Å²) in [4.78, 5) is 11.2. The second-order valence-corrected chi connectivity index (χ2v) is 6.29. The molecule has 1 aromatic rings. The minimum atomic E-state index is -3.59. The van der Waals surface area contributed by atoms with E-state index >= 15 is 0 Å². The van der Waals surface area contributed by atoms with E-state index in [0.29, 0.717) is 11.3 Å². The Balaban J connectivity index is 3.21. The third kappa shape index (κ3) is 3.76. The maximum absolute atomic E-state index is 12.3. The van der Waals surface area contributed by atoms with Gasteiger partial charge >= 0.3 is 0 Å². The molecule has 0 radical (unpaired) electrons. The summed E-state index contributed by atoms with van der Waals surface area (Å²) in [5.41, 5.74) is 6.45. The molecule has 0 atom stereocenters. The largest absolute Gasteiger partial charge is 0.329 e. The third-order valence-corrected chi connectivity index (χ3v) is 4.64. The number of aryl methyl sites for hydroxylation is 1. The lowest BCUT2D eigenvalue weighted by molar-refractivity contribution is -0.114. The lowest BCUT2D eigenvalue weighted by Gasteiger charge is -2.18. The van der Waals surface area contributed by atoms with Crippen molar-refractivity contribution in [2.75, 3.05) is 25.5 Å². The Bertz CT molecular complexity index is 570. The Morgan fingerprint density at radius 3 is 2.58 bits per heavy atom. The number of carbonyl (C=O) groups is 1. The van der Waals surface area contributed by atoms with E-state index in [1.807, 2.05) is 0 Å². The number of nitrogens with two attached hydrogens (primary N) is 1. The van der Waals surface area contributed by atoms with Crippen LogP contribution in [0.4, 0.5) is 5.69 Å². The lowest BCUT2D eigenvalue weighted by atomic mass is 10.2. The lowest BCUT2D eigenvalue weighted by Crippen LogP contribution is -2.32. The van der Waals surface area contributed by atoms with E-state index in [-0.39, 0.29) is 23.9 Å². The molecule has 0 fully saturated rings. The van der Waals surface area contributed by atoms with Gasteiger partial charge in [0.15, 0.2) is 0 Å². The zero-order valence-corrected chi connectivity index (χ0v) is 12.1. The topological polar surface area (TPSA) is 92.5 Å². The molecule has 6 nitrogen and oxygen atoms in total. The van der Waals surface area contributed by atoms with Crippen LogP contribution in [-0.2, 0) is 14.8 Å². The zero-order valence-electron chi connectivity index (χ0n) is 11.3. The number of benzene rings is 1. The minimum Gasteiger partial charge on any atom is -0.329 e. The molecular weight excluding hydrogens is 266 g/mol. The summed E-state index contributed by atoms with van der Waals surface area (Å²) >= 11 is 0. The molecule has 0 unspecified atom stereocenters. The molecule has 0 saturated heterocycles. The van der Waals surface area contributed by atoms with Gasteiger partial charge in [-0.05, 0) is 24.6 Å². The summed E-state index contributed by atoms with van der Waals surface area (Å²) in [6.07, 6.45) is 0. The molecule has 106 valence electrons. The average Bonchev–Trinajstić information content (AvgIpc) is 2.31. The van der Waals surface area contributed by atoms with Crippen LogP contribution in [0.15, 0.2) is 23.1 Å². The fraction of sp³-hybridized carbons (Fsp3) is 0.417. The highest BCUT2D eigenvalue weighted by Gasteiger charge is 2.22. The highest BCUT2D eigenvalue weighted by Crippen LogP contribution is 2.22. The quantitative estimate of drug-likeness (QED) is 0.825. The van der Waals surface area contributed by atoms with Gasteiger partial charge in [-0.3, -0.25) is 4.79 Å².